The van der Waals surface area contributed by atoms with Crippen molar-refractivity contribution in [2.75, 3.05) is 75.3 Å². The fourth-order valence-corrected chi connectivity index (χ4v) is 12.9. The number of pyridine rings is 1. The number of carbonyl (C=O) groups excluding carboxylic acids is 2. The van der Waals surface area contributed by atoms with E-state index in [9.17, 15) is 14.7 Å². The molecule has 2 aromatic heterocycles. The zero-order valence-electron chi connectivity index (χ0n) is 39.2. The van der Waals surface area contributed by atoms with Crippen molar-refractivity contribution >= 4 is 45.0 Å². The number of amides is 2. The third-order valence-corrected chi connectivity index (χ3v) is 16.9. The summed E-state index contributed by atoms with van der Waals surface area (Å²) in [5, 5.41) is 19.0. The van der Waals surface area contributed by atoms with Gasteiger partial charge in [0.1, 0.15) is 40.1 Å². The first-order chi connectivity index (χ1) is 33.4. The fraction of sp³-hybridized carbons (Fsp3) is 0.528. The van der Waals surface area contributed by atoms with E-state index in [0.29, 0.717) is 60.0 Å². The Morgan fingerprint density at radius 1 is 0.870 bits per heavy atom. The van der Waals surface area contributed by atoms with Crippen LogP contribution < -0.4 is 25.2 Å². The minimum atomic E-state index is -0.737. The zero-order chi connectivity index (χ0) is 47.2. The molecule has 7 fully saturated rings. The second-order valence-electron chi connectivity index (χ2n) is 21.4. The molecule has 1 spiro atoms. The number of aromatic nitrogens is 3. The van der Waals surface area contributed by atoms with Crippen molar-refractivity contribution in [3.63, 3.8) is 0 Å². The van der Waals surface area contributed by atoms with Crippen LogP contribution in [0.15, 0.2) is 48.7 Å². The number of aryl methyl sites for hydroxylation is 1. The summed E-state index contributed by atoms with van der Waals surface area (Å²) >= 11 is 0. The summed E-state index contributed by atoms with van der Waals surface area (Å²) in [7, 11) is 0. The molecular weight excluding hydrogens is 884 g/mol. The number of hydrogen-bond donors (Lipinski definition) is 3. The number of nitrogens with one attached hydrogen (secondary N) is 2. The number of hydrogen-bond acceptors (Lipinski definition) is 12. The first-order valence-corrected chi connectivity index (χ1v) is 25.2. The predicted octanol–water partition coefficient (Wildman–Crippen LogP) is 7.22. The SMILES string of the molecule is CCc1cccc2cc(O)cc(-c3ncc4c(N5CC6CCC(C5)N6)nc(OCC5(CN6CCC7(CC6)CC(N6CCN(c8c(F)cc(C9CCC(=O)NC9=O)cc8F)CC6)C7)CC5)nc4c3F)c12. The highest BCUT2D eigenvalue weighted by Gasteiger charge is 2.51. The lowest BCUT2D eigenvalue weighted by molar-refractivity contribution is -0.134. The van der Waals surface area contributed by atoms with E-state index in [2.05, 4.69) is 32.3 Å². The molecule has 5 aliphatic heterocycles. The van der Waals surface area contributed by atoms with Gasteiger partial charge in [0.05, 0.1) is 17.9 Å². The van der Waals surface area contributed by atoms with Crippen LogP contribution in [-0.2, 0) is 16.0 Å². The number of benzene rings is 3. The van der Waals surface area contributed by atoms with Gasteiger partial charge in [-0.05, 0) is 129 Å². The van der Waals surface area contributed by atoms with Crippen LogP contribution in [0, 0.1) is 28.3 Å². The molecule has 2 amide bonds. The Balaban J connectivity index is 0.687. The van der Waals surface area contributed by atoms with Gasteiger partial charge in [0.25, 0.3) is 0 Å². The van der Waals surface area contributed by atoms with Crippen LogP contribution in [0.25, 0.3) is 32.9 Å². The van der Waals surface area contributed by atoms with Crippen LogP contribution in [0.4, 0.5) is 24.7 Å². The third-order valence-electron chi connectivity index (χ3n) is 16.9. The molecule has 3 unspecified atom stereocenters. The highest BCUT2D eigenvalue weighted by molar-refractivity contribution is 6.02. The molecule has 3 N–H and O–H groups in total. The Bertz CT molecular complexity index is 2820. The molecule has 5 aromatic rings. The number of ether oxygens (including phenoxy) is 1. The monoisotopic (exact) mass is 943 g/mol. The molecule has 2 bridgehead atoms. The van der Waals surface area contributed by atoms with E-state index in [4.69, 9.17) is 19.7 Å². The number of rotatable bonds is 11. The van der Waals surface area contributed by atoms with Crippen molar-refractivity contribution in [3.05, 3.63) is 77.2 Å². The number of anilines is 2. The largest absolute Gasteiger partial charge is 0.508 e. The van der Waals surface area contributed by atoms with Gasteiger partial charge in [-0.2, -0.15) is 9.97 Å². The molecule has 0 radical (unpaired) electrons. The van der Waals surface area contributed by atoms with Crippen LogP contribution >= 0.6 is 0 Å². The Morgan fingerprint density at radius 3 is 2.30 bits per heavy atom. The van der Waals surface area contributed by atoms with Gasteiger partial charge in [-0.25, -0.2) is 13.2 Å². The van der Waals surface area contributed by atoms with Crippen LogP contribution in [0.2, 0.25) is 0 Å². The number of piperazine rings is 2. The molecule has 5 saturated heterocycles. The normalized spacial score (nSPS) is 24.8. The standard InChI is InChI=1S/C53H60F3N9O4/c1-2-31-4-3-5-32-20-37(66)23-39(44(31)32)46-45(56)47-40(26-57-46)49(65-27-34-6-7-35(28-65)58-34)61-51(60-47)69-30-53(10-11-53)29-62-14-12-52(13-15-62)24-36(25-52)63-16-18-64(19-17-63)48-41(54)21-33(22-42(48)55)38-8-9-43(67)59-50(38)68/h3-5,20-23,26,34-36,38,58,66H,2,6-19,24-25,27-30H2,1H3,(H,59,67,68). The number of imide groups is 1. The van der Waals surface area contributed by atoms with Crippen molar-refractivity contribution in [2.24, 2.45) is 10.8 Å². The average Bonchev–Trinajstić information content (AvgIpc) is 4.02. The van der Waals surface area contributed by atoms with E-state index in [-0.39, 0.29) is 58.4 Å². The maximum Gasteiger partial charge on any atom is 0.319 e. The quantitative estimate of drug-likeness (QED) is 0.115. The number of halogens is 3. The van der Waals surface area contributed by atoms with E-state index >= 15 is 13.2 Å². The zero-order valence-corrected chi connectivity index (χ0v) is 39.2. The smallest absolute Gasteiger partial charge is 0.319 e. The summed E-state index contributed by atoms with van der Waals surface area (Å²) in [6, 6.07) is 13.1. The second kappa shape index (κ2) is 17.4. The maximum atomic E-state index is 17.2. The highest BCUT2D eigenvalue weighted by Crippen LogP contribution is 2.53. The number of nitrogens with zero attached hydrogens (tertiary/aromatic N) is 7. The van der Waals surface area contributed by atoms with Gasteiger partial charge in [0.15, 0.2) is 5.82 Å². The molecular formula is C53H60F3N9O4. The molecule has 7 heterocycles. The fourth-order valence-electron chi connectivity index (χ4n) is 12.9. The molecule has 3 atom stereocenters. The van der Waals surface area contributed by atoms with E-state index in [0.717, 1.165) is 120 Å². The minimum absolute atomic E-state index is 0.0118. The van der Waals surface area contributed by atoms with Crippen LogP contribution in [0.1, 0.15) is 88.2 Å². The van der Waals surface area contributed by atoms with Gasteiger partial charge >= 0.3 is 6.01 Å². The summed E-state index contributed by atoms with van der Waals surface area (Å²) in [4.78, 5) is 47.6. The number of phenols is 1. The molecule has 13 nitrogen and oxygen atoms in total. The van der Waals surface area contributed by atoms with Crippen molar-refractivity contribution in [2.45, 2.75) is 102 Å². The lowest BCUT2D eigenvalue weighted by Gasteiger charge is -2.56. The van der Waals surface area contributed by atoms with Gasteiger partial charge in [0.2, 0.25) is 11.8 Å². The number of phenolic OH excluding ortho intramolecular Hbond substituents is 1. The van der Waals surface area contributed by atoms with Gasteiger partial charge in [-0.15, -0.1) is 0 Å². The maximum absolute atomic E-state index is 17.2. The van der Waals surface area contributed by atoms with Gasteiger partial charge < -0.3 is 29.9 Å². The van der Waals surface area contributed by atoms with Crippen LogP contribution in [-0.4, -0.2) is 125 Å². The van der Waals surface area contributed by atoms with Crippen LogP contribution in [0.5, 0.6) is 11.8 Å². The van der Waals surface area contributed by atoms with Crippen molar-refractivity contribution in [3.8, 4) is 23.0 Å². The number of aromatic hydroxyl groups is 1. The summed E-state index contributed by atoms with van der Waals surface area (Å²) in [6.45, 7) is 9.56. The summed E-state index contributed by atoms with van der Waals surface area (Å²) in [5.41, 5.74) is 2.44. The molecule has 12 rings (SSSR count). The van der Waals surface area contributed by atoms with Gasteiger partial charge in [0, 0.05) is 87.5 Å². The molecule has 16 heteroatoms. The summed E-state index contributed by atoms with van der Waals surface area (Å²) in [6.07, 6.45) is 11.7. The highest BCUT2D eigenvalue weighted by atomic mass is 19.1. The lowest BCUT2D eigenvalue weighted by atomic mass is 9.60. The van der Waals surface area contributed by atoms with Crippen molar-refractivity contribution < 1.29 is 32.6 Å². The summed E-state index contributed by atoms with van der Waals surface area (Å²) < 4.78 is 54.6. The number of carbonyl (C=O) groups is 2. The van der Waals surface area contributed by atoms with E-state index < -0.39 is 29.3 Å². The molecule has 7 aliphatic rings. The minimum Gasteiger partial charge on any atom is -0.508 e. The number of fused-ring (bicyclic) bond motifs is 4. The Hall–Kier alpha value is -5.58. The van der Waals surface area contributed by atoms with Crippen molar-refractivity contribution in [1.29, 1.82) is 0 Å². The number of piperidine rings is 2. The molecule has 362 valence electrons. The first kappa shape index (κ1) is 44.6. The number of likely N-dealkylation sites (tertiary alicyclic amines) is 1. The summed E-state index contributed by atoms with van der Waals surface area (Å²) in [5.74, 6) is -2.80. The van der Waals surface area contributed by atoms with E-state index in [1.807, 2.05) is 18.2 Å². The van der Waals surface area contributed by atoms with Crippen molar-refractivity contribution in [1.82, 2.24) is 35.4 Å². The Kier molecular flexibility index (Phi) is 11.2. The van der Waals surface area contributed by atoms with E-state index in [1.165, 1.54) is 12.1 Å². The van der Waals surface area contributed by atoms with Gasteiger partial charge in [-0.1, -0.05) is 25.1 Å². The average molecular weight is 944 g/mol. The molecule has 69 heavy (non-hydrogen) atoms. The first-order valence-electron chi connectivity index (χ1n) is 25.2. The lowest BCUT2D eigenvalue weighted by Crippen LogP contribution is -2.59. The topological polar surface area (TPSA) is 139 Å². The molecule has 2 saturated carbocycles. The Morgan fingerprint density at radius 2 is 1.61 bits per heavy atom. The Labute approximate surface area is 399 Å². The molecule has 2 aliphatic carbocycles. The second-order valence-corrected chi connectivity index (χ2v) is 21.4. The predicted molar refractivity (Wildman–Crippen MR) is 257 cm³/mol. The third kappa shape index (κ3) is 8.33. The van der Waals surface area contributed by atoms with Gasteiger partial charge in [-0.3, -0.25) is 24.8 Å². The van der Waals surface area contributed by atoms with Crippen LogP contribution in [0.3, 0.4) is 0 Å². The van der Waals surface area contributed by atoms with E-state index in [1.54, 1.807) is 23.2 Å². The molecule has 3 aromatic carbocycles.